The van der Waals surface area contributed by atoms with Crippen LogP contribution >= 0.6 is 0 Å². The SMILES string of the molecule is [B]C(O)(C1CCc2ccc(CC(F)(F)F)cc21)C1CCCN1C. The summed E-state index contributed by atoms with van der Waals surface area (Å²) >= 11 is 0. The van der Waals surface area contributed by atoms with Crippen molar-refractivity contribution in [3.05, 3.63) is 34.9 Å². The fraction of sp³-hybridized carbons (Fsp3) is 0.647. The summed E-state index contributed by atoms with van der Waals surface area (Å²) in [6.45, 7) is 0.887. The van der Waals surface area contributed by atoms with Crippen molar-refractivity contribution < 1.29 is 18.3 Å². The molecular weight excluding hydrogens is 302 g/mol. The van der Waals surface area contributed by atoms with Crippen LogP contribution in [0.25, 0.3) is 0 Å². The van der Waals surface area contributed by atoms with Crippen LogP contribution in [0, 0.1) is 0 Å². The summed E-state index contributed by atoms with van der Waals surface area (Å²) in [5.74, 6) is -0.309. The monoisotopic (exact) mass is 323 g/mol. The molecule has 2 aliphatic rings. The number of aryl methyl sites for hydroxylation is 1. The van der Waals surface area contributed by atoms with Gasteiger partial charge in [0.15, 0.2) is 0 Å². The zero-order valence-electron chi connectivity index (χ0n) is 13.2. The first-order valence-corrected chi connectivity index (χ1v) is 8.08. The van der Waals surface area contributed by atoms with Crippen molar-refractivity contribution in [1.29, 1.82) is 0 Å². The lowest BCUT2D eigenvalue weighted by Crippen LogP contribution is -2.52. The summed E-state index contributed by atoms with van der Waals surface area (Å²) in [5.41, 5.74) is 0.620. The van der Waals surface area contributed by atoms with Crippen LogP contribution in [0.2, 0.25) is 0 Å². The van der Waals surface area contributed by atoms with Crippen molar-refractivity contribution in [3.8, 4) is 0 Å². The molecule has 0 amide bonds. The van der Waals surface area contributed by atoms with Crippen molar-refractivity contribution in [2.75, 3.05) is 13.6 Å². The molecule has 1 aliphatic heterocycles. The molecule has 6 heteroatoms. The largest absolute Gasteiger partial charge is 0.398 e. The second-order valence-corrected chi connectivity index (χ2v) is 6.94. The fourth-order valence-corrected chi connectivity index (χ4v) is 4.20. The Hall–Kier alpha value is -1.01. The summed E-state index contributed by atoms with van der Waals surface area (Å²) in [4.78, 5) is 2.05. The Morgan fingerprint density at radius 2 is 2.04 bits per heavy atom. The van der Waals surface area contributed by atoms with E-state index < -0.39 is 18.1 Å². The van der Waals surface area contributed by atoms with Gasteiger partial charge in [0.2, 0.25) is 0 Å². The van der Waals surface area contributed by atoms with Gasteiger partial charge in [0.1, 0.15) is 7.85 Å². The molecule has 23 heavy (non-hydrogen) atoms. The third-order valence-corrected chi connectivity index (χ3v) is 5.31. The van der Waals surface area contributed by atoms with Gasteiger partial charge in [-0.25, -0.2) is 0 Å². The average molecular weight is 323 g/mol. The number of aliphatic hydroxyl groups is 1. The van der Waals surface area contributed by atoms with E-state index in [1.807, 2.05) is 7.05 Å². The number of alkyl halides is 3. The van der Waals surface area contributed by atoms with Crippen molar-refractivity contribution in [1.82, 2.24) is 4.90 Å². The van der Waals surface area contributed by atoms with E-state index >= 15 is 0 Å². The van der Waals surface area contributed by atoms with Crippen LogP contribution in [0.3, 0.4) is 0 Å². The minimum absolute atomic E-state index is 0.148. The molecule has 0 aromatic heterocycles. The summed E-state index contributed by atoms with van der Waals surface area (Å²) in [6.07, 6.45) is -1.94. The molecule has 124 valence electrons. The Morgan fingerprint density at radius 1 is 1.30 bits per heavy atom. The van der Waals surface area contributed by atoms with E-state index in [2.05, 4.69) is 4.90 Å². The maximum Gasteiger partial charge on any atom is 0.393 e. The van der Waals surface area contributed by atoms with Gasteiger partial charge in [-0.05, 0) is 56.0 Å². The van der Waals surface area contributed by atoms with Crippen LogP contribution in [-0.4, -0.2) is 49.2 Å². The molecule has 1 heterocycles. The highest BCUT2D eigenvalue weighted by atomic mass is 19.4. The second-order valence-electron chi connectivity index (χ2n) is 6.94. The van der Waals surface area contributed by atoms with Gasteiger partial charge in [0.05, 0.1) is 6.42 Å². The Kier molecular flexibility index (Phi) is 4.26. The molecule has 3 unspecified atom stereocenters. The zero-order chi connectivity index (χ0) is 16.8. The molecule has 3 atom stereocenters. The molecule has 1 fully saturated rings. The molecule has 0 spiro atoms. The number of hydrogen-bond acceptors (Lipinski definition) is 2. The molecule has 1 saturated heterocycles. The summed E-state index contributed by atoms with van der Waals surface area (Å²) < 4.78 is 37.9. The molecule has 0 bridgehead atoms. The molecule has 1 aromatic carbocycles. The van der Waals surface area contributed by atoms with Crippen molar-refractivity contribution >= 4 is 7.85 Å². The van der Waals surface area contributed by atoms with E-state index in [1.54, 1.807) is 12.1 Å². The molecule has 2 nitrogen and oxygen atoms in total. The highest BCUT2D eigenvalue weighted by molar-refractivity contribution is 6.15. The van der Waals surface area contributed by atoms with Crippen LogP contribution in [0.5, 0.6) is 0 Å². The average Bonchev–Trinajstić information content (AvgIpc) is 3.02. The Labute approximate surface area is 136 Å². The van der Waals surface area contributed by atoms with Gasteiger partial charge in [-0.2, -0.15) is 13.2 Å². The quantitative estimate of drug-likeness (QED) is 0.865. The Balaban J connectivity index is 1.89. The Morgan fingerprint density at radius 3 is 2.65 bits per heavy atom. The third kappa shape index (κ3) is 3.29. The first-order valence-electron chi connectivity index (χ1n) is 8.08. The van der Waals surface area contributed by atoms with Crippen LogP contribution in [-0.2, 0) is 12.8 Å². The Bertz CT molecular complexity index is 588. The van der Waals surface area contributed by atoms with Gasteiger partial charge in [-0.15, -0.1) is 0 Å². The number of rotatable bonds is 3. The number of likely N-dealkylation sites (tertiary alicyclic amines) is 1. The predicted octanol–water partition coefficient (Wildman–Crippen LogP) is 2.77. The van der Waals surface area contributed by atoms with Gasteiger partial charge in [-0.1, -0.05) is 18.2 Å². The normalized spacial score (nSPS) is 27.9. The standard InChI is InChI=1S/C17H21BF3NO/c1-22-8-2-3-15(22)17(18,23)14-7-6-12-5-4-11(9-13(12)14)10-16(19,20)21/h4-5,9,14-15,23H,2-3,6-8,10H2,1H3. The smallest absolute Gasteiger partial charge is 0.393 e. The summed E-state index contributed by atoms with van der Waals surface area (Å²) in [5, 5.41) is 11.0. The number of fused-ring (bicyclic) bond motifs is 1. The van der Waals surface area contributed by atoms with E-state index in [9.17, 15) is 18.3 Å². The lowest BCUT2D eigenvalue weighted by Gasteiger charge is -2.40. The van der Waals surface area contributed by atoms with E-state index in [0.29, 0.717) is 6.42 Å². The maximum atomic E-state index is 12.6. The van der Waals surface area contributed by atoms with Crippen molar-refractivity contribution in [3.63, 3.8) is 0 Å². The third-order valence-electron chi connectivity index (χ3n) is 5.31. The van der Waals surface area contributed by atoms with E-state index in [1.165, 1.54) is 6.07 Å². The molecule has 1 aromatic rings. The van der Waals surface area contributed by atoms with E-state index in [0.717, 1.165) is 36.9 Å². The number of likely N-dealkylation sites (N-methyl/N-ethyl adjacent to an activating group) is 1. The molecule has 1 aliphatic carbocycles. The lowest BCUT2D eigenvalue weighted by molar-refractivity contribution is -0.127. The first-order chi connectivity index (χ1) is 10.7. The molecular formula is C17H21BF3NO. The van der Waals surface area contributed by atoms with Crippen LogP contribution in [0.15, 0.2) is 18.2 Å². The fourth-order valence-electron chi connectivity index (χ4n) is 4.20. The van der Waals surface area contributed by atoms with Crippen LogP contribution in [0.1, 0.15) is 41.9 Å². The van der Waals surface area contributed by atoms with Crippen molar-refractivity contribution in [2.45, 2.75) is 55.7 Å². The van der Waals surface area contributed by atoms with Crippen LogP contribution < -0.4 is 0 Å². The first kappa shape index (κ1) is 16.8. The number of halogens is 3. The lowest BCUT2D eigenvalue weighted by atomic mass is 9.64. The number of benzene rings is 1. The zero-order valence-corrected chi connectivity index (χ0v) is 13.2. The summed E-state index contributed by atoms with van der Waals surface area (Å²) in [7, 11) is 8.24. The number of nitrogens with zero attached hydrogens (tertiary/aromatic N) is 1. The second kappa shape index (κ2) is 5.81. The van der Waals surface area contributed by atoms with E-state index in [4.69, 9.17) is 7.85 Å². The number of hydrogen-bond donors (Lipinski definition) is 1. The minimum Gasteiger partial charge on any atom is -0.398 e. The molecule has 1 N–H and O–H groups in total. The van der Waals surface area contributed by atoms with Gasteiger partial charge in [-0.3, -0.25) is 0 Å². The van der Waals surface area contributed by atoms with Crippen molar-refractivity contribution in [2.24, 2.45) is 0 Å². The van der Waals surface area contributed by atoms with Gasteiger partial charge in [0.25, 0.3) is 0 Å². The maximum absolute atomic E-state index is 12.6. The van der Waals surface area contributed by atoms with E-state index in [-0.39, 0.29) is 17.5 Å². The topological polar surface area (TPSA) is 23.5 Å². The summed E-state index contributed by atoms with van der Waals surface area (Å²) in [6, 6.07) is 4.73. The molecule has 2 radical (unpaired) electrons. The van der Waals surface area contributed by atoms with Crippen LogP contribution in [0.4, 0.5) is 13.2 Å². The molecule has 3 rings (SSSR count). The highest BCUT2D eigenvalue weighted by Crippen LogP contribution is 2.44. The predicted molar refractivity (Wildman–Crippen MR) is 83.6 cm³/mol. The van der Waals surface area contributed by atoms with Gasteiger partial charge >= 0.3 is 6.18 Å². The minimum atomic E-state index is -4.23. The molecule has 0 saturated carbocycles. The highest BCUT2D eigenvalue weighted by Gasteiger charge is 2.45. The van der Waals surface area contributed by atoms with Gasteiger partial charge < -0.3 is 10.0 Å². The van der Waals surface area contributed by atoms with Gasteiger partial charge in [0, 0.05) is 17.5 Å².